The molecule has 88 valence electrons. The number of hydrogen-bond donors (Lipinski definition) is 1. The zero-order valence-electron chi connectivity index (χ0n) is 10.2. The first kappa shape index (κ1) is 13.2. The number of nitrogens with one attached hydrogen (secondary N) is 1. The van der Waals surface area contributed by atoms with Crippen LogP contribution < -0.4 is 5.32 Å². The second-order valence-electron chi connectivity index (χ2n) is 4.66. The Kier molecular flexibility index (Phi) is 4.14. The summed E-state index contributed by atoms with van der Waals surface area (Å²) in [6.45, 7) is 8.11. The number of carbonyl (C=O) groups excluding carboxylic acids is 1. The Morgan fingerprint density at radius 1 is 1.44 bits per heavy atom. The van der Waals surface area contributed by atoms with Gasteiger partial charge in [0, 0.05) is 15.6 Å². The van der Waals surface area contributed by atoms with Gasteiger partial charge in [-0.25, -0.2) is 0 Å². The average Bonchev–Trinajstić information content (AvgIpc) is 2.21. The average molecular weight is 284 g/mol. The summed E-state index contributed by atoms with van der Waals surface area (Å²) >= 11 is 3.43. The molecule has 0 aliphatic rings. The van der Waals surface area contributed by atoms with Gasteiger partial charge in [-0.05, 0) is 44.9 Å². The van der Waals surface area contributed by atoms with Gasteiger partial charge in [0.15, 0.2) is 0 Å². The maximum absolute atomic E-state index is 12.0. The van der Waals surface area contributed by atoms with Gasteiger partial charge in [-0.2, -0.15) is 0 Å². The second-order valence-corrected chi connectivity index (χ2v) is 5.51. The van der Waals surface area contributed by atoms with E-state index in [2.05, 4.69) is 28.2 Å². The van der Waals surface area contributed by atoms with Crippen molar-refractivity contribution in [2.75, 3.05) is 0 Å². The molecule has 0 saturated carbocycles. The first-order chi connectivity index (χ1) is 7.35. The molecule has 1 amide bonds. The molecular weight excluding hydrogens is 266 g/mol. The molecule has 0 spiro atoms. The minimum Gasteiger partial charge on any atom is -0.347 e. The number of aryl methyl sites for hydroxylation is 1. The van der Waals surface area contributed by atoms with E-state index in [0.29, 0.717) is 5.56 Å². The van der Waals surface area contributed by atoms with Crippen LogP contribution in [0.3, 0.4) is 0 Å². The van der Waals surface area contributed by atoms with Gasteiger partial charge in [-0.15, -0.1) is 0 Å². The van der Waals surface area contributed by atoms with E-state index >= 15 is 0 Å². The lowest BCUT2D eigenvalue weighted by Gasteiger charge is -2.24. The fraction of sp³-hybridized carbons (Fsp3) is 0.462. The first-order valence-corrected chi connectivity index (χ1v) is 6.23. The Morgan fingerprint density at radius 2 is 2.06 bits per heavy atom. The van der Waals surface area contributed by atoms with Crippen LogP contribution in [0.15, 0.2) is 22.7 Å². The molecule has 0 bridgehead atoms. The van der Waals surface area contributed by atoms with Crippen LogP contribution in [-0.4, -0.2) is 11.4 Å². The van der Waals surface area contributed by atoms with Crippen LogP contribution in [0.25, 0.3) is 0 Å². The van der Waals surface area contributed by atoms with E-state index in [1.165, 1.54) is 0 Å². The topological polar surface area (TPSA) is 29.1 Å². The molecule has 2 nitrogen and oxygen atoms in total. The fourth-order valence-electron chi connectivity index (χ4n) is 1.20. The van der Waals surface area contributed by atoms with E-state index < -0.39 is 0 Å². The third kappa shape index (κ3) is 3.34. The predicted octanol–water partition coefficient (Wildman–Crippen LogP) is 3.68. The molecule has 0 aromatic heterocycles. The SMILES string of the molecule is CCC(C)(C)NC(=O)c1ccc(C)c(Br)c1. The summed E-state index contributed by atoms with van der Waals surface area (Å²) in [7, 11) is 0. The molecule has 0 saturated heterocycles. The van der Waals surface area contributed by atoms with Crippen LogP contribution >= 0.6 is 15.9 Å². The van der Waals surface area contributed by atoms with E-state index in [9.17, 15) is 4.79 Å². The highest BCUT2D eigenvalue weighted by molar-refractivity contribution is 9.10. The normalized spacial score (nSPS) is 11.3. The number of carbonyl (C=O) groups is 1. The molecule has 0 aliphatic heterocycles. The Labute approximate surface area is 106 Å². The lowest BCUT2D eigenvalue weighted by molar-refractivity contribution is 0.0911. The van der Waals surface area contributed by atoms with E-state index in [1.54, 1.807) is 0 Å². The van der Waals surface area contributed by atoms with Crippen molar-refractivity contribution in [3.63, 3.8) is 0 Å². The highest BCUT2D eigenvalue weighted by Crippen LogP contribution is 2.18. The van der Waals surface area contributed by atoms with E-state index in [4.69, 9.17) is 0 Å². The van der Waals surface area contributed by atoms with Gasteiger partial charge in [-0.3, -0.25) is 4.79 Å². The molecular formula is C13H18BrNO. The lowest BCUT2D eigenvalue weighted by Crippen LogP contribution is -2.42. The number of amides is 1. The lowest BCUT2D eigenvalue weighted by atomic mass is 10.0. The van der Waals surface area contributed by atoms with Crippen LogP contribution in [0.1, 0.15) is 43.1 Å². The predicted molar refractivity (Wildman–Crippen MR) is 70.7 cm³/mol. The summed E-state index contributed by atoms with van der Waals surface area (Å²) in [4.78, 5) is 12.0. The summed E-state index contributed by atoms with van der Waals surface area (Å²) in [5.41, 5.74) is 1.67. The maximum atomic E-state index is 12.0. The monoisotopic (exact) mass is 283 g/mol. The summed E-state index contributed by atoms with van der Waals surface area (Å²) in [6, 6.07) is 5.65. The van der Waals surface area contributed by atoms with Crippen molar-refractivity contribution in [3.8, 4) is 0 Å². The van der Waals surface area contributed by atoms with Crippen molar-refractivity contribution in [1.29, 1.82) is 0 Å². The molecule has 0 aliphatic carbocycles. The zero-order valence-corrected chi connectivity index (χ0v) is 11.8. The number of halogens is 1. The molecule has 16 heavy (non-hydrogen) atoms. The Balaban J connectivity index is 2.85. The molecule has 0 fully saturated rings. The van der Waals surface area contributed by atoms with Gasteiger partial charge >= 0.3 is 0 Å². The largest absolute Gasteiger partial charge is 0.347 e. The highest BCUT2D eigenvalue weighted by atomic mass is 79.9. The molecule has 0 heterocycles. The van der Waals surface area contributed by atoms with Gasteiger partial charge in [0.1, 0.15) is 0 Å². The van der Waals surface area contributed by atoms with Crippen LogP contribution in [-0.2, 0) is 0 Å². The minimum atomic E-state index is -0.158. The van der Waals surface area contributed by atoms with Crippen LogP contribution in [0.4, 0.5) is 0 Å². The highest BCUT2D eigenvalue weighted by Gasteiger charge is 2.18. The third-order valence-corrected chi connectivity index (χ3v) is 3.62. The first-order valence-electron chi connectivity index (χ1n) is 5.44. The van der Waals surface area contributed by atoms with Gasteiger partial charge in [0.25, 0.3) is 5.91 Å². The van der Waals surface area contributed by atoms with Gasteiger partial charge in [0.2, 0.25) is 0 Å². The quantitative estimate of drug-likeness (QED) is 0.901. The maximum Gasteiger partial charge on any atom is 0.251 e. The Bertz CT molecular complexity index is 399. The molecule has 0 radical (unpaired) electrons. The molecule has 0 atom stereocenters. The van der Waals surface area contributed by atoms with Crippen molar-refractivity contribution < 1.29 is 4.79 Å². The van der Waals surface area contributed by atoms with Gasteiger partial charge in [-0.1, -0.05) is 28.9 Å². The minimum absolute atomic E-state index is 0.0208. The smallest absolute Gasteiger partial charge is 0.251 e. The standard InChI is InChI=1S/C13H18BrNO/c1-5-13(3,4)15-12(16)10-7-6-9(2)11(14)8-10/h6-8H,5H2,1-4H3,(H,15,16). The summed E-state index contributed by atoms with van der Waals surface area (Å²) < 4.78 is 0.967. The Hall–Kier alpha value is -0.830. The number of benzene rings is 1. The molecule has 1 N–H and O–H groups in total. The van der Waals surface area contributed by atoms with Crippen molar-refractivity contribution in [2.24, 2.45) is 0 Å². The molecule has 1 aromatic rings. The zero-order chi connectivity index (χ0) is 12.3. The van der Waals surface area contributed by atoms with Gasteiger partial charge < -0.3 is 5.32 Å². The van der Waals surface area contributed by atoms with E-state index in [1.807, 2.05) is 39.0 Å². The number of hydrogen-bond acceptors (Lipinski definition) is 1. The van der Waals surface area contributed by atoms with Crippen molar-refractivity contribution in [2.45, 2.75) is 39.7 Å². The van der Waals surface area contributed by atoms with Crippen molar-refractivity contribution in [1.82, 2.24) is 5.32 Å². The number of rotatable bonds is 3. The van der Waals surface area contributed by atoms with Crippen molar-refractivity contribution >= 4 is 21.8 Å². The Morgan fingerprint density at radius 3 is 2.56 bits per heavy atom. The third-order valence-electron chi connectivity index (χ3n) is 2.77. The van der Waals surface area contributed by atoms with Gasteiger partial charge in [0.05, 0.1) is 0 Å². The van der Waals surface area contributed by atoms with Crippen LogP contribution in [0.5, 0.6) is 0 Å². The fourth-order valence-corrected chi connectivity index (χ4v) is 1.58. The summed E-state index contributed by atoms with van der Waals surface area (Å²) in [6.07, 6.45) is 0.909. The summed E-state index contributed by atoms with van der Waals surface area (Å²) in [5.74, 6) is -0.0208. The van der Waals surface area contributed by atoms with E-state index in [-0.39, 0.29) is 11.4 Å². The summed E-state index contributed by atoms with van der Waals surface area (Å²) in [5, 5.41) is 3.01. The molecule has 0 unspecified atom stereocenters. The molecule has 1 aromatic carbocycles. The molecule has 1 rings (SSSR count). The second kappa shape index (κ2) is 5.00. The van der Waals surface area contributed by atoms with Crippen molar-refractivity contribution in [3.05, 3.63) is 33.8 Å². The molecule has 3 heteroatoms. The van der Waals surface area contributed by atoms with Crippen LogP contribution in [0.2, 0.25) is 0 Å². The van der Waals surface area contributed by atoms with E-state index in [0.717, 1.165) is 16.5 Å². The van der Waals surface area contributed by atoms with Crippen LogP contribution in [0, 0.1) is 6.92 Å².